The van der Waals surface area contributed by atoms with Crippen LogP contribution in [0, 0.1) is 6.92 Å². The number of sulfonamides is 1. The van der Waals surface area contributed by atoms with Crippen molar-refractivity contribution in [3.05, 3.63) is 17.5 Å². The Morgan fingerprint density at radius 1 is 1.59 bits per heavy atom. The molecule has 7 heteroatoms. The van der Waals surface area contributed by atoms with Crippen LogP contribution in [-0.4, -0.2) is 48.9 Å². The summed E-state index contributed by atoms with van der Waals surface area (Å²) < 4.78 is 30.3. The lowest BCUT2D eigenvalue weighted by Crippen LogP contribution is -2.50. The Labute approximate surface area is 101 Å². The van der Waals surface area contributed by atoms with Gasteiger partial charge in [-0.25, -0.2) is 8.42 Å². The number of hydrogen-bond donors (Lipinski definition) is 1. The van der Waals surface area contributed by atoms with Gasteiger partial charge in [0.1, 0.15) is 5.60 Å². The Kier molecular flexibility index (Phi) is 3.01. The molecule has 0 aliphatic carbocycles. The van der Waals surface area contributed by atoms with Crippen LogP contribution in [-0.2, 0) is 20.4 Å². The first-order chi connectivity index (χ1) is 7.83. The summed E-state index contributed by atoms with van der Waals surface area (Å²) in [5.74, 6) is 0. The van der Waals surface area contributed by atoms with E-state index < -0.39 is 15.6 Å². The van der Waals surface area contributed by atoms with Crippen LogP contribution in [0.5, 0.6) is 0 Å². The van der Waals surface area contributed by atoms with Crippen molar-refractivity contribution in [3.8, 4) is 0 Å². The number of ether oxygens (including phenoxy) is 1. The predicted octanol–water partition coefficient (Wildman–Crippen LogP) is 0.225. The van der Waals surface area contributed by atoms with E-state index in [-0.39, 0.29) is 0 Å². The van der Waals surface area contributed by atoms with Gasteiger partial charge in [-0.2, -0.15) is 9.40 Å². The second-order valence-electron chi connectivity index (χ2n) is 4.60. The number of rotatable bonds is 2. The number of morpholine rings is 1. The first kappa shape index (κ1) is 12.5. The second-order valence-corrected chi connectivity index (χ2v) is 6.59. The highest BCUT2D eigenvalue weighted by molar-refractivity contribution is 7.88. The highest BCUT2D eigenvalue weighted by atomic mass is 32.2. The van der Waals surface area contributed by atoms with E-state index in [9.17, 15) is 8.42 Å². The van der Waals surface area contributed by atoms with Crippen molar-refractivity contribution >= 4 is 10.0 Å². The van der Waals surface area contributed by atoms with Gasteiger partial charge >= 0.3 is 0 Å². The second kappa shape index (κ2) is 4.08. The van der Waals surface area contributed by atoms with Gasteiger partial charge in [0, 0.05) is 13.1 Å². The molecule has 1 fully saturated rings. The smallest absolute Gasteiger partial charge is 0.211 e. The quantitative estimate of drug-likeness (QED) is 0.824. The van der Waals surface area contributed by atoms with Crippen molar-refractivity contribution in [2.75, 3.05) is 26.0 Å². The van der Waals surface area contributed by atoms with Gasteiger partial charge in [-0.15, -0.1) is 0 Å². The summed E-state index contributed by atoms with van der Waals surface area (Å²) in [5, 5.41) is 6.85. The maximum absolute atomic E-state index is 11.6. The predicted molar refractivity (Wildman–Crippen MR) is 63.0 cm³/mol. The standard InChI is InChI=1S/C10H17N3O3S/c1-8-6-11-12-9(8)10(2)7-13(4-5-16-10)17(3,14)15/h6H,4-5,7H2,1-3H3,(H,11,12)/t10-/m1/s1. The highest BCUT2D eigenvalue weighted by Crippen LogP contribution is 2.30. The van der Waals surface area contributed by atoms with Crippen molar-refractivity contribution in [2.24, 2.45) is 0 Å². The largest absolute Gasteiger partial charge is 0.366 e. The molecule has 1 aliphatic heterocycles. The molecule has 0 aromatic carbocycles. The molecule has 0 radical (unpaired) electrons. The van der Waals surface area contributed by atoms with E-state index in [1.54, 1.807) is 6.20 Å². The molecular weight excluding hydrogens is 242 g/mol. The van der Waals surface area contributed by atoms with Crippen molar-refractivity contribution in [1.29, 1.82) is 0 Å². The third-order valence-electron chi connectivity index (χ3n) is 3.07. The average molecular weight is 259 g/mol. The van der Waals surface area contributed by atoms with Crippen LogP contribution in [0.1, 0.15) is 18.2 Å². The molecule has 1 aromatic rings. The van der Waals surface area contributed by atoms with Gasteiger partial charge in [0.25, 0.3) is 0 Å². The van der Waals surface area contributed by atoms with Gasteiger partial charge in [0.15, 0.2) is 0 Å². The van der Waals surface area contributed by atoms with Crippen LogP contribution >= 0.6 is 0 Å². The van der Waals surface area contributed by atoms with Gasteiger partial charge in [0.2, 0.25) is 10.0 Å². The number of H-pyrrole nitrogens is 1. The van der Waals surface area contributed by atoms with Crippen LogP contribution in [0.15, 0.2) is 6.20 Å². The molecule has 17 heavy (non-hydrogen) atoms. The molecule has 0 unspecified atom stereocenters. The topological polar surface area (TPSA) is 75.3 Å². The average Bonchev–Trinajstić information content (AvgIpc) is 2.64. The summed E-state index contributed by atoms with van der Waals surface area (Å²) >= 11 is 0. The summed E-state index contributed by atoms with van der Waals surface area (Å²) in [4.78, 5) is 0. The zero-order valence-electron chi connectivity index (χ0n) is 10.2. The normalized spacial score (nSPS) is 27.2. The Morgan fingerprint density at radius 2 is 2.29 bits per heavy atom. The van der Waals surface area contributed by atoms with E-state index >= 15 is 0 Å². The molecule has 96 valence electrons. The summed E-state index contributed by atoms with van der Waals surface area (Å²) in [6.07, 6.45) is 2.93. The third-order valence-corrected chi connectivity index (χ3v) is 4.32. The van der Waals surface area contributed by atoms with E-state index in [0.717, 1.165) is 11.3 Å². The van der Waals surface area contributed by atoms with E-state index in [0.29, 0.717) is 19.7 Å². The Balaban J connectivity index is 2.30. The Bertz CT molecular complexity index is 511. The first-order valence-corrected chi connectivity index (χ1v) is 7.27. The van der Waals surface area contributed by atoms with Gasteiger partial charge in [0.05, 0.1) is 24.8 Å². The van der Waals surface area contributed by atoms with E-state index in [2.05, 4.69) is 10.2 Å². The lowest BCUT2D eigenvalue weighted by molar-refractivity contribution is -0.0848. The minimum absolute atomic E-state index is 0.314. The van der Waals surface area contributed by atoms with E-state index in [1.807, 2.05) is 13.8 Å². The number of aromatic nitrogens is 2. The highest BCUT2D eigenvalue weighted by Gasteiger charge is 2.39. The molecule has 1 aromatic heterocycles. The molecule has 0 spiro atoms. The molecule has 1 N–H and O–H groups in total. The van der Waals surface area contributed by atoms with Gasteiger partial charge in [-0.05, 0) is 19.4 Å². The molecular formula is C10H17N3O3S. The van der Waals surface area contributed by atoms with Crippen molar-refractivity contribution in [1.82, 2.24) is 14.5 Å². The summed E-state index contributed by atoms with van der Waals surface area (Å²) in [6.45, 7) is 4.91. The molecule has 1 aliphatic rings. The molecule has 2 heterocycles. The lowest BCUT2D eigenvalue weighted by atomic mass is 9.98. The minimum atomic E-state index is -3.18. The first-order valence-electron chi connectivity index (χ1n) is 5.42. The van der Waals surface area contributed by atoms with Crippen molar-refractivity contribution in [2.45, 2.75) is 19.4 Å². The molecule has 6 nitrogen and oxygen atoms in total. The Morgan fingerprint density at radius 3 is 2.82 bits per heavy atom. The van der Waals surface area contributed by atoms with Crippen LogP contribution < -0.4 is 0 Å². The SMILES string of the molecule is Cc1cn[nH]c1[C@@]1(C)CN(S(C)(=O)=O)CCO1. The van der Waals surface area contributed by atoms with Crippen molar-refractivity contribution < 1.29 is 13.2 Å². The zero-order valence-corrected chi connectivity index (χ0v) is 11.0. The van der Waals surface area contributed by atoms with Gasteiger partial charge < -0.3 is 4.74 Å². The van der Waals surface area contributed by atoms with E-state index in [4.69, 9.17) is 4.74 Å². The van der Waals surface area contributed by atoms with Gasteiger partial charge in [-0.3, -0.25) is 5.10 Å². The van der Waals surface area contributed by atoms with Gasteiger partial charge in [-0.1, -0.05) is 0 Å². The van der Waals surface area contributed by atoms with Crippen LogP contribution in [0.2, 0.25) is 0 Å². The summed E-state index contributed by atoms with van der Waals surface area (Å²) in [7, 11) is -3.18. The molecule has 0 amide bonds. The number of nitrogens with one attached hydrogen (secondary N) is 1. The molecule has 1 saturated heterocycles. The monoisotopic (exact) mass is 259 g/mol. The number of aryl methyl sites for hydroxylation is 1. The maximum atomic E-state index is 11.6. The van der Waals surface area contributed by atoms with E-state index in [1.165, 1.54) is 10.6 Å². The molecule has 0 bridgehead atoms. The fraction of sp³-hybridized carbons (Fsp3) is 0.700. The minimum Gasteiger partial charge on any atom is -0.366 e. The number of hydrogen-bond acceptors (Lipinski definition) is 4. The zero-order chi connectivity index (χ0) is 12.7. The lowest BCUT2D eigenvalue weighted by Gasteiger charge is -2.38. The third kappa shape index (κ3) is 2.36. The summed E-state index contributed by atoms with van der Waals surface area (Å²) in [5.41, 5.74) is 1.16. The fourth-order valence-corrected chi connectivity index (χ4v) is 3.04. The Hall–Kier alpha value is -0.920. The molecule has 0 saturated carbocycles. The molecule has 2 rings (SSSR count). The number of nitrogens with zero attached hydrogens (tertiary/aromatic N) is 2. The molecule has 1 atom stereocenters. The maximum Gasteiger partial charge on any atom is 0.211 e. The van der Waals surface area contributed by atoms with Crippen molar-refractivity contribution in [3.63, 3.8) is 0 Å². The van der Waals surface area contributed by atoms with Crippen LogP contribution in [0.25, 0.3) is 0 Å². The van der Waals surface area contributed by atoms with Crippen LogP contribution in [0.4, 0.5) is 0 Å². The summed E-state index contributed by atoms with van der Waals surface area (Å²) in [6, 6.07) is 0. The van der Waals surface area contributed by atoms with Crippen LogP contribution in [0.3, 0.4) is 0 Å². The fourth-order valence-electron chi connectivity index (χ4n) is 2.15. The number of aromatic amines is 1.